The average molecular weight is 1670 g/mol. The lowest BCUT2D eigenvalue weighted by atomic mass is 10.0. The number of rotatable bonds is 18. The third kappa shape index (κ3) is 28.6. The van der Waals surface area contributed by atoms with Crippen LogP contribution in [0.5, 0.6) is 0 Å². The largest absolute Gasteiger partial charge is 0.481 e. The first kappa shape index (κ1) is 92.0. The van der Waals surface area contributed by atoms with Gasteiger partial charge in [0.25, 0.3) is 0 Å². The zero-order valence-electron chi connectivity index (χ0n) is 62.6. The number of hydrogen-bond donors (Lipinski definition) is 21. The van der Waals surface area contributed by atoms with Crippen molar-refractivity contribution in [3.8, 4) is 0 Å². The van der Waals surface area contributed by atoms with Gasteiger partial charge in [0.2, 0.25) is 100 Å². The second-order valence-electron chi connectivity index (χ2n) is 27.9. The standard InChI is InChI=1S/C66H100N22O21S4/c1-30(2)14-36-55(98)79-38(18-49(68)91)57(100)80-39(16-33-20-70-28-72-33)65(108)88-13-7-9-48(88)64(107)76-35(10-11-51(93)94)54(97)77-37(15-31(3)4)56(99)84-43(52(69)95)24-110-112-27-46-62(105)83-42(23-90)59(102)81-40(17-34-21-71-29-73-34)66(109)87-12-6-8-47(87)63(106)74-32(5)53(96)85-45(61(104)82-41(22-89)58(101)78-36)26-113-111-25-44(60(103)86-46)75-50(92)19-67/h20-21,28-32,35-48,89-90H,6-19,22-27,67H2,1-5H3,(H2,68,91)(H2,69,95)(H,70,72)(H,71,73)(H,74,106)(H,75,92)(H,76,107)(H,77,97)(H,78,101)(H,79,98)(H,80,100)(H,81,102)(H,82,104)(H,83,105)(H,84,99)(H,85,96)(H,86,103)(H,93,94)/t32-,35-,36-,37-,38-,39-,40-,41-,42-,43-,44-,45-,46-,47-,48-/m0/s1. The Morgan fingerprint density at radius 1 is 0.504 bits per heavy atom. The molecule has 0 saturated carbocycles. The zero-order valence-corrected chi connectivity index (χ0v) is 65.9. The minimum atomic E-state index is -1.95. The number of nitrogens with zero attached hydrogens (tertiary/aromatic N) is 4. The molecule has 15 atom stereocenters. The maximum atomic E-state index is 14.9. The van der Waals surface area contributed by atoms with Crippen molar-refractivity contribution in [3.05, 3.63) is 36.4 Å². The number of aliphatic hydroxyl groups excluding tert-OH is 2. The van der Waals surface area contributed by atoms with Gasteiger partial charge in [-0.25, -0.2) is 9.97 Å². The predicted molar refractivity (Wildman–Crippen MR) is 407 cm³/mol. The normalized spacial score (nSPS) is 27.8. The number of carboxylic acid groups (broad SMARTS) is 1. The molecule has 0 aliphatic carbocycles. The van der Waals surface area contributed by atoms with Gasteiger partial charge in [-0.1, -0.05) is 70.9 Å². The summed E-state index contributed by atoms with van der Waals surface area (Å²) in [7, 11) is 3.18. The van der Waals surface area contributed by atoms with Crippen molar-refractivity contribution in [1.82, 2.24) is 98.9 Å². The minimum absolute atomic E-state index is 0.0437. The monoisotopic (exact) mass is 1660 g/mol. The third-order valence-electron chi connectivity index (χ3n) is 18.1. The van der Waals surface area contributed by atoms with E-state index in [-0.39, 0.29) is 76.1 Å². The topological polar surface area (TPSA) is 666 Å². The Bertz CT molecular complexity index is 3730. The van der Waals surface area contributed by atoms with Crippen LogP contribution in [-0.4, -0.2) is 298 Å². The molecule has 43 nitrogen and oxygen atoms in total. The molecule has 0 radical (unpaired) electrons. The van der Waals surface area contributed by atoms with Crippen LogP contribution >= 0.6 is 43.2 Å². The number of nitrogens with two attached hydrogens (primary N) is 3. The molecule has 4 saturated heterocycles. The number of imidazole rings is 2. The van der Waals surface area contributed by atoms with Gasteiger partial charge in [-0.3, -0.25) is 86.3 Å². The van der Waals surface area contributed by atoms with Crippen molar-refractivity contribution < 1.29 is 102 Å². The molecular formula is C66H100N22O21S4. The fourth-order valence-electron chi connectivity index (χ4n) is 12.2. The van der Waals surface area contributed by atoms with Gasteiger partial charge in [0, 0.05) is 79.1 Å². The van der Waals surface area contributed by atoms with Crippen molar-refractivity contribution in [3.63, 3.8) is 0 Å². The van der Waals surface area contributed by atoms with E-state index in [1.54, 1.807) is 27.7 Å². The van der Waals surface area contributed by atoms with Gasteiger partial charge >= 0.3 is 5.97 Å². The molecule has 24 N–H and O–H groups in total. The van der Waals surface area contributed by atoms with E-state index in [0.29, 0.717) is 5.69 Å². The fourth-order valence-corrected chi connectivity index (χ4v) is 16.9. The number of fused-ring (bicyclic) bond motifs is 10. The van der Waals surface area contributed by atoms with E-state index in [1.165, 1.54) is 32.0 Å². The summed E-state index contributed by atoms with van der Waals surface area (Å²) in [6.45, 7) is 4.72. The lowest BCUT2D eigenvalue weighted by molar-refractivity contribution is -0.143. The van der Waals surface area contributed by atoms with Crippen LogP contribution in [0.1, 0.15) is 104 Å². The quantitative estimate of drug-likeness (QED) is 0.0616. The minimum Gasteiger partial charge on any atom is -0.481 e. The van der Waals surface area contributed by atoms with E-state index >= 15 is 0 Å². The molecule has 6 rings (SSSR count). The second kappa shape index (κ2) is 45.2. The molecule has 0 aromatic carbocycles. The molecule has 0 spiro atoms. The van der Waals surface area contributed by atoms with Gasteiger partial charge in [-0.2, -0.15) is 0 Å². The smallest absolute Gasteiger partial charge is 0.303 e. The van der Waals surface area contributed by atoms with Crippen molar-refractivity contribution in [2.45, 2.75) is 196 Å². The van der Waals surface area contributed by atoms with Crippen LogP contribution in [0, 0.1) is 11.8 Å². The van der Waals surface area contributed by atoms with Crippen molar-refractivity contribution >= 4 is 150 Å². The van der Waals surface area contributed by atoms with E-state index in [4.69, 9.17) is 17.2 Å². The van der Waals surface area contributed by atoms with Gasteiger partial charge in [0.15, 0.2) is 0 Å². The summed E-state index contributed by atoms with van der Waals surface area (Å²) in [5.41, 5.74) is 17.7. The molecule has 47 heteroatoms. The highest BCUT2D eigenvalue weighted by molar-refractivity contribution is 8.77. The molecule has 17 amide bonds. The Balaban J connectivity index is 1.45. The SMILES string of the molecule is CC(C)C[C@@H]1NC(=O)[C@H](CCC(=O)O)NC(=O)[C@@H]2CCCN2C(=O)[C@H](Cc2cnc[nH]2)NC(=O)[C@H](CC(N)=O)NC(=O)[C@H](CC(C)C)NC(=O)[C@H](CO)NC(=O)[C@@H]2CSSC[C@H](NC(=O)CN)C(=O)N[C@@H](CSSC[C@@H](C(N)=O)NC1=O)C(=O)N[C@@H](CO)C(=O)N[C@@H](Cc1cnc[nH]1)C(=O)N1CCC[C@H]1C(=O)N[C@@H](C)C(=O)N2. The van der Waals surface area contributed by atoms with Crippen molar-refractivity contribution in [2.75, 3.05) is 55.9 Å². The van der Waals surface area contributed by atoms with E-state index in [1.807, 2.05) is 0 Å². The number of carboxylic acids is 1. The van der Waals surface area contributed by atoms with Crippen molar-refractivity contribution in [2.24, 2.45) is 29.0 Å². The van der Waals surface area contributed by atoms with Crippen LogP contribution in [0.4, 0.5) is 0 Å². The summed E-state index contributed by atoms with van der Waals surface area (Å²) in [4.78, 5) is 270. The molecule has 624 valence electrons. The van der Waals surface area contributed by atoms with Crippen LogP contribution in [0.25, 0.3) is 0 Å². The Hall–Kier alpha value is -9.84. The Kier molecular flexibility index (Phi) is 36.8. The summed E-state index contributed by atoms with van der Waals surface area (Å²) in [6.07, 6.45) is 2.39. The number of aliphatic hydroxyl groups is 2. The highest BCUT2D eigenvalue weighted by Gasteiger charge is 2.44. The second-order valence-corrected chi connectivity index (χ2v) is 33.0. The molecule has 6 heterocycles. The molecule has 2 bridgehead atoms. The van der Waals surface area contributed by atoms with E-state index < -0.39 is 265 Å². The zero-order chi connectivity index (χ0) is 83.3. The number of nitrogens with one attached hydrogen (secondary N) is 15. The van der Waals surface area contributed by atoms with Crippen molar-refractivity contribution in [1.29, 1.82) is 0 Å². The highest BCUT2D eigenvalue weighted by atomic mass is 33.1. The molecule has 113 heavy (non-hydrogen) atoms. The Labute approximate surface area is 663 Å². The van der Waals surface area contributed by atoms with E-state index in [9.17, 15) is 102 Å². The molecule has 2 aromatic heterocycles. The lowest BCUT2D eigenvalue weighted by Gasteiger charge is -2.31. The van der Waals surface area contributed by atoms with E-state index in [0.717, 1.165) is 53.0 Å². The molecule has 4 fully saturated rings. The number of amides is 17. The van der Waals surface area contributed by atoms with Crippen LogP contribution in [0.3, 0.4) is 0 Å². The summed E-state index contributed by atoms with van der Waals surface area (Å²) < 4.78 is 0. The molecule has 4 aliphatic rings. The first-order valence-electron chi connectivity index (χ1n) is 36.3. The van der Waals surface area contributed by atoms with Gasteiger partial charge in [-0.05, 0) is 63.7 Å². The van der Waals surface area contributed by atoms with Crippen LogP contribution in [0.2, 0.25) is 0 Å². The number of carbonyl (C=O) groups is 18. The Morgan fingerprint density at radius 2 is 0.912 bits per heavy atom. The van der Waals surface area contributed by atoms with Crippen LogP contribution in [-0.2, 0) is 99.1 Å². The van der Waals surface area contributed by atoms with Gasteiger partial charge < -0.3 is 121 Å². The molecule has 4 aliphatic heterocycles. The Morgan fingerprint density at radius 3 is 1.35 bits per heavy atom. The highest BCUT2D eigenvalue weighted by Crippen LogP contribution is 2.27. The number of primary amides is 2. The summed E-state index contributed by atoms with van der Waals surface area (Å²) >= 11 is 0. The summed E-state index contributed by atoms with van der Waals surface area (Å²) in [6, 6.07) is -24.7. The van der Waals surface area contributed by atoms with Crippen LogP contribution in [0.15, 0.2) is 25.0 Å². The summed E-state index contributed by atoms with van der Waals surface area (Å²) in [5.74, 6) is -22.0. The number of hydrogen-bond acceptors (Lipinski definition) is 27. The first-order valence-corrected chi connectivity index (χ1v) is 41.3. The molecule has 2 aromatic rings. The van der Waals surface area contributed by atoms with E-state index in [2.05, 4.69) is 89.1 Å². The number of aromatic nitrogens is 4. The van der Waals surface area contributed by atoms with Gasteiger partial charge in [0.1, 0.15) is 90.6 Å². The number of carbonyl (C=O) groups excluding carboxylic acids is 17. The first-order chi connectivity index (χ1) is 53.6. The number of H-pyrrole nitrogens is 2. The molecule has 0 unspecified atom stereocenters. The number of aliphatic carboxylic acids is 1. The molecular weight excluding hydrogens is 1570 g/mol. The van der Waals surface area contributed by atoms with Crippen LogP contribution < -0.4 is 86.3 Å². The lowest BCUT2D eigenvalue weighted by Crippen LogP contribution is -2.62. The van der Waals surface area contributed by atoms with Gasteiger partial charge in [0.05, 0.1) is 38.8 Å². The number of aromatic amines is 2. The maximum absolute atomic E-state index is 14.9. The van der Waals surface area contributed by atoms with Gasteiger partial charge in [-0.15, -0.1) is 0 Å². The third-order valence-corrected chi connectivity index (χ3v) is 23.0. The maximum Gasteiger partial charge on any atom is 0.303 e. The predicted octanol–water partition coefficient (Wildman–Crippen LogP) is -8.73. The average Bonchev–Trinajstić information content (AvgIpc) is 1.75. The fraction of sp³-hybridized carbons (Fsp3) is 0.636. The summed E-state index contributed by atoms with van der Waals surface area (Å²) in [5, 5.41) is 63.5.